The van der Waals surface area contributed by atoms with Gasteiger partial charge in [0.2, 0.25) is 0 Å². The monoisotopic (exact) mass is 312 g/mol. The maximum atomic E-state index is 14.3. The van der Waals surface area contributed by atoms with Gasteiger partial charge >= 0.3 is 0 Å². The molecule has 1 N–H and O–H groups in total. The molecule has 3 rings (SSSR count). The number of rotatable bonds is 3. The van der Waals surface area contributed by atoms with E-state index >= 15 is 0 Å². The average molecular weight is 312 g/mol. The van der Waals surface area contributed by atoms with Crippen molar-refractivity contribution in [3.05, 3.63) is 24.0 Å². The zero-order valence-corrected chi connectivity index (χ0v) is 12.8. The lowest BCUT2D eigenvalue weighted by Gasteiger charge is -2.30. The van der Waals surface area contributed by atoms with Gasteiger partial charge < -0.3 is 19.5 Å². The number of nitrogens with zero attached hydrogens (tertiary/aromatic N) is 1. The number of piperazine rings is 1. The summed E-state index contributed by atoms with van der Waals surface area (Å²) in [4.78, 5) is 2.05. The van der Waals surface area contributed by atoms with Gasteiger partial charge in [-0.25, -0.2) is 4.39 Å². The van der Waals surface area contributed by atoms with Gasteiger partial charge in [-0.05, 0) is 12.1 Å². The highest BCUT2D eigenvalue weighted by Crippen LogP contribution is 2.26. The summed E-state index contributed by atoms with van der Waals surface area (Å²) in [6, 6.07) is 5.12. The Hall–Kier alpha value is -0.980. The Morgan fingerprint density at radius 2 is 1.95 bits per heavy atom. The number of nitrogens with one attached hydrogen (secondary N) is 1. The zero-order valence-electron chi connectivity index (χ0n) is 12.0. The van der Waals surface area contributed by atoms with Crippen LogP contribution in [0.3, 0.4) is 0 Å². The van der Waals surface area contributed by atoms with Crippen molar-refractivity contribution in [2.45, 2.75) is 18.9 Å². The van der Waals surface area contributed by atoms with Crippen molar-refractivity contribution < 1.29 is 13.7 Å². The molecule has 0 aromatic heterocycles. The van der Waals surface area contributed by atoms with E-state index in [1.54, 1.807) is 6.07 Å². The first-order valence-corrected chi connectivity index (χ1v) is 8.98. The van der Waals surface area contributed by atoms with Crippen LogP contribution in [0, 0.1) is 5.82 Å². The van der Waals surface area contributed by atoms with Crippen LogP contribution in [-0.4, -0.2) is 48.3 Å². The molecule has 116 valence electrons. The second-order valence-electron chi connectivity index (χ2n) is 5.52. The fourth-order valence-corrected chi connectivity index (χ4v) is 4.06. The van der Waals surface area contributed by atoms with Crippen molar-refractivity contribution >= 4 is 16.9 Å². The van der Waals surface area contributed by atoms with E-state index < -0.39 is 11.2 Å². The zero-order chi connectivity index (χ0) is 14.7. The number of anilines is 1. The largest absolute Gasteiger partial charge is 0.616 e. The lowest BCUT2D eigenvalue weighted by Crippen LogP contribution is -2.43. The number of hydrogen-bond donors (Lipinski definition) is 1. The Kier molecular flexibility index (Phi) is 4.87. The molecular formula is C15H21FN2O2S. The van der Waals surface area contributed by atoms with Crippen LogP contribution in [0.5, 0.6) is 5.75 Å². The quantitative estimate of drug-likeness (QED) is 0.860. The van der Waals surface area contributed by atoms with Crippen LogP contribution in [0.4, 0.5) is 10.1 Å². The van der Waals surface area contributed by atoms with E-state index in [-0.39, 0.29) is 11.9 Å². The SMILES string of the molecule is [O-][S@+]1CC[C@H](Oc2ccc(N3CCNCC3)c(F)c2)CC1. The number of hydrogen-bond acceptors (Lipinski definition) is 4. The van der Waals surface area contributed by atoms with Crippen LogP contribution >= 0.6 is 0 Å². The molecule has 2 fully saturated rings. The van der Waals surface area contributed by atoms with Crippen LogP contribution in [0.15, 0.2) is 18.2 Å². The van der Waals surface area contributed by atoms with Crippen molar-refractivity contribution in [3.63, 3.8) is 0 Å². The van der Waals surface area contributed by atoms with Gasteiger partial charge in [0, 0.05) is 45.1 Å². The third-order valence-electron chi connectivity index (χ3n) is 4.01. The van der Waals surface area contributed by atoms with E-state index in [1.165, 1.54) is 6.07 Å². The molecule has 0 spiro atoms. The predicted molar refractivity (Wildman–Crippen MR) is 83.0 cm³/mol. The molecule has 0 aliphatic carbocycles. The third kappa shape index (κ3) is 3.81. The Labute approximate surface area is 127 Å². The Morgan fingerprint density at radius 1 is 1.24 bits per heavy atom. The molecule has 2 aliphatic rings. The lowest BCUT2D eigenvalue weighted by molar-refractivity contribution is 0.189. The average Bonchev–Trinajstić information content (AvgIpc) is 2.51. The van der Waals surface area contributed by atoms with Crippen molar-refractivity contribution in [2.75, 3.05) is 42.6 Å². The van der Waals surface area contributed by atoms with Gasteiger partial charge in [-0.15, -0.1) is 0 Å². The van der Waals surface area contributed by atoms with Crippen LogP contribution in [0.1, 0.15) is 12.8 Å². The summed E-state index contributed by atoms with van der Waals surface area (Å²) in [6.45, 7) is 3.42. The van der Waals surface area contributed by atoms with Gasteiger partial charge in [0.05, 0.1) is 5.69 Å². The highest BCUT2D eigenvalue weighted by Gasteiger charge is 2.23. The first-order chi connectivity index (χ1) is 10.2. The molecule has 0 amide bonds. The first-order valence-electron chi connectivity index (χ1n) is 7.49. The minimum atomic E-state index is -0.697. The second-order valence-corrected chi connectivity index (χ2v) is 7.21. The molecule has 21 heavy (non-hydrogen) atoms. The maximum Gasteiger partial charge on any atom is 0.150 e. The first kappa shape index (κ1) is 14.9. The summed E-state index contributed by atoms with van der Waals surface area (Å²) >= 11 is -0.697. The van der Waals surface area contributed by atoms with E-state index in [1.807, 2.05) is 6.07 Å². The minimum Gasteiger partial charge on any atom is -0.616 e. The van der Waals surface area contributed by atoms with E-state index in [4.69, 9.17) is 4.74 Å². The number of ether oxygens (including phenoxy) is 1. The molecule has 0 saturated carbocycles. The molecular weight excluding hydrogens is 291 g/mol. The maximum absolute atomic E-state index is 14.3. The molecule has 0 radical (unpaired) electrons. The van der Waals surface area contributed by atoms with Gasteiger partial charge in [0.25, 0.3) is 0 Å². The smallest absolute Gasteiger partial charge is 0.150 e. The topological polar surface area (TPSA) is 47.6 Å². The highest BCUT2D eigenvalue weighted by molar-refractivity contribution is 7.91. The lowest BCUT2D eigenvalue weighted by atomic mass is 10.2. The van der Waals surface area contributed by atoms with Gasteiger partial charge in [-0.2, -0.15) is 0 Å². The number of benzene rings is 1. The molecule has 6 heteroatoms. The summed E-state index contributed by atoms with van der Waals surface area (Å²) in [5.74, 6) is 1.72. The van der Waals surface area contributed by atoms with E-state index in [0.717, 1.165) is 39.0 Å². The van der Waals surface area contributed by atoms with Crippen LogP contribution < -0.4 is 15.0 Å². The molecule has 4 nitrogen and oxygen atoms in total. The van der Waals surface area contributed by atoms with Gasteiger partial charge in [0.1, 0.15) is 29.2 Å². The molecule has 1 aromatic rings. The van der Waals surface area contributed by atoms with Crippen molar-refractivity contribution in [3.8, 4) is 5.75 Å². The minimum absolute atomic E-state index is 0.0622. The fraction of sp³-hybridized carbons (Fsp3) is 0.600. The summed E-state index contributed by atoms with van der Waals surface area (Å²) in [5.41, 5.74) is 0.647. The van der Waals surface area contributed by atoms with E-state index in [9.17, 15) is 8.94 Å². The Morgan fingerprint density at radius 3 is 2.62 bits per heavy atom. The van der Waals surface area contributed by atoms with Crippen LogP contribution in [0.25, 0.3) is 0 Å². The summed E-state index contributed by atoms with van der Waals surface area (Å²) in [5, 5.41) is 3.26. The molecule has 0 atom stereocenters. The highest BCUT2D eigenvalue weighted by atomic mass is 32.2. The van der Waals surface area contributed by atoms with Gasteiger partial charge in [-0.1, -0.05) is 11.2 Å². The Bertz CT molecular complexity index is 475. The van der Waals surface area contributed by atoms with Gasteiger partial charge in [-0.3, -0.25) is 0 Å². The third-order valence-corrected chi connectivity index (χ3v) is 5.40. The van der Waals surface area contributed by atoms with Crippen LogP contribution in [0.2, 0.25) is 0 Å². The van der Waals surface area contributed by atoms with Crippen molar-refractivity contribution in [1.29, 1.82) is 0 Å². The van der Waals surface area contributed by atoms with Crippen LogP contribution in [-0.2, 0) is 11.2 Å². The normalized spacial score (nSPS) is 26.7. The molecule has 0 bridgehead atoms. The molecule has 2 heterocycles. The molecule has 1 aromatic carbocycles. The number of halogens is 1. The molecule has 2 saturated heterocycles. The van der Waals surface area contributed by atoms with Gasteiger partial charge in [0.15, 0.2) is 0 Å². The van der Waals surface area contributed by atoms with E-state index in [2.05, 4.69) is 10.2 Å². The predicted octanol–water partition coefficient (Wildman–Crippen LogP) is 1.53. The summed E-state index contributed by atoms with van der Waals surface area (Å²) in [7, 11) is 0. The fourth-order valence-electron chi connectivity index (χ4n) is 2.81. The standard InChI is InChI=1S/C15H21FN2O2S/c16-14-11-13(20-12-3-9-21(19)10-4-12)1-2-15(14)18-7-5-17-6-8-18/h1-2,11-12,17H,3-10H2/t12-,21+. The molecule has 2 aliphatic heterocycles. The van der Waals surface area contributed by atoms with Crippen molar-refractivity contribution in [2.24, 2.45) is 0 Å². The summed E-state index contributed by atoms with van der Waals surface area (Å²) in [6.07, 6.45) is 1.63. The molecule has 0 unspecified atom stereocenters. The second kappa shape index (κ2) is 6.85. The van der Waals surface area contributed by atoms with E-state index in [0.29, 0.717) is 22.9 Å². The Balaban J connectivity index is 1.63. The van der Waals surface area contributed by atoms with Crippen molar-refractivity contribution in [1.82, 2.24) is 5.32 Å². The summed E-state index contributed by atoms with van der Waals surface area (Å²) < 4.78 is 31.4.